The van der Waals surface area contributed by atoms with Gasteiger partial charge in [-0.15, -0.1) is 11.3 Å². The Balaban J connectivity index is 2.20. The van der Waals surface area contributed by atoms with E-state index < -0.39 is 0 Å². The minimum Gasteiger partial charge on any atom is -0.453 e. The average Bonchev–Trinajstić information content (AvgIpc) is 3.00. The molecule has 2 N–H and O–H groups in total. The van der Waals surface area contributed by atoms with Gasteiger partial charge in [0.15, 0.2) is 4.67 Å². The van der Waals surface area contributed by atoms with Crippen LogP contribution in [0.25, 0.3) is 0 Å². The molecule has 0 aromatic carbocycles. The Hall–Kier alpha value is -0.620. The summed E-state index contributed by atoms with van der Waals surface area (Å²) in [6, 6.07) is 8.66. The van der Waals surface area contributed by atoms with Gasteiger partial charge in [-0.25, -0.2) is 0 Å². The van der Waals surface area contributed by atoms with Gasteiger partial charge in [-0.05, 0) is 53.4 Å². The molecule has 0 spiro atoms. The van der Waals surface area contributed by atoms with Crippen molar-refractivity contribution in [3.63, 3.8) is 0 Å². The van der Waals surface area contributed by atoms with Crippen LogP contribution in [-0.4, -0.2) is 17.5 Å². The number of hydrogen-bond acceptors (Lipinski definition) is 4. The van der Waals surface area contributed by atoms with Crippen molar-refractivity contribution in [1.82, 2.24) is 4.90 Å². The molecule has 0 amide bonds. The summed E-state index contributed by atoms with van der Waals surface area (Å²) in [7, 11) is 0. The van der Waals surface area contributed by atoms with E-state index in [1.165, 1.54) is 4.88 Å². The van der Waals surface area contributed by atoms with E-state index in [0.29, 0.717) is 12.6 Å². The zero-order chi connectivity index (χ0) is 13.8. The Kier molecular flexibility index (Phi) is 5.21. The molecule has 0 aliphatic carbocycles. The van der Waals surface area contributed by atoms with Crippen molar-refractivity contribution in [3.8, 4) is 0 Å². The molecule has 0 aliphatic rings. The van der Waals surface area contributed by atoms with Gasteiger partial charge < -0.3 is 10.2 Å². The molecule has 0 saturated heterocycles. The summed E-state index contributed by atoms with van der Waals surface area (Å²) in [6.07, 6.45) is 0. The number of rotatable bonds is 6. The SMILES string of the molecule is CC(C)N(Cc1cccs1)C(CN)c1ccc(Br)o1. The summed E-state index contributed by atoms with van der Waals surface area (Å²) in [5.41, 5.74) is 5.97. The number of nitrogens with two attached hydrogens (primary N) is 1. The summed E-state index contributed by atoms with van der Waals surface area (Å²) in [6.45, 7) is 5.82. The third kappa shape index (κ3) is 3.69. The third-order valence-corrected chi connectivity index (χ3v) is 4.42. The average molecular weight is 343 g/mol. The fourth-order valence-corrected chi connectivity index (χ4v) is 3.19. The lowest BCUT2D eigenvalue weighted by atomic mass is 10.1. The molecule has 2 heterocycles. The molecule has 5 heteroatoms. The maximum atomic E-state index is 5.97. The smallest absolute Gasteiger partial charge is 0.169 e. The summed E-state index contributed by atoms with van der Waals surface area (Å²) >= 11 is 5.13. The number of nitrogens with zero attached hydrogens (tertiary/aromatic N) is 1. The molecule has 2 aromatic heterocycles. The first kappa shape index (κ1) is 14.8. The predicted octanol–water partition coefficient (Wildman–Crippen LogP) is 4.01. The topological polar surface area (TPSA) is 42.4 Å². The van der Waals surface area contributed by atoms with Gasteiger partial charge in [0.05, 0.1) is 6.04 Å². The summed E-state index contributed by atoms with van der Waals surface area (Å²) in [5.74, 6) is 0.916. The van der Waals surface area contributed by atoms with Crippen LogP contribution in [0.15, 0.2) is 38.7 Å². The second kappa shape index (κ2) is 6.70. The quantitative estimate of drug-likeness (QED) is 0.862. The van der Waals surface area contributed by atoms with Gasteiger partial charge in [0, 0.05) is 24.0 Å². The highest BCUT2D eigenvalue weighted by molar-refractivity contribution is 9.10. The van der Waals surface area contributed by atoms with Gasteiger partial charge in [-0.3, -0.25) is 4.90 Å². The second-order valence-corrected chi connectivity index (χ2v) is 6.55. The van der Waals surface area contributed by atoms with Crippen LogP contribution in [-0.2, 0) is 6.54 Å². The van der Waals surface area contributed by atoms with Crippen molar-refractivity contribution in [2.24, 2.45) is 5.73 Å². The van der Waals surface area contributed by atoms with Gasteiger partial charge in [0.25, 0.3) is 0 Å². The molecule has 0 fully saturated rings. The third-order valence-electron chi connectivity index (χ3n) is 3.13. The standard InChI is InChI=1S/C14H19BrN2OS/c1-10(2)17(9-11-4-3-7-19-11)12(8-16)13-5-6-14(15)18-13/h3-7,10,12H,8-9,16H2,1-2H3. The maximum Gasteiger partial charge on any atom is 0.169 e. The molecule has 19 heavy (non-hydrogen) atoms. The second-order valence-electron chi connectivity index (χ2n) is 4.74. The molecular formula is C14H19BrN2OS. The van der Waals surface area contributed by atoms with E-state index in [4.69, 9.17) is 10.2 Å². The molecule has 0 aliphatic heterocycles. The lowest BCUT2D eigenvalue weighted by Crippen LogP contribution is -2.37. The monoisotopic (exact) mass is 342 g/mol. The van der Waals surface area contributed by atoms with E-state index in [1.807, 2.05) is 12.1 Å². The van der Waals surface area contributed by atoms with E-state index in [2.05, 4.69) is 52.2 Å². The fraction of sp³-hybridized carbons (Fsp3) is 0.429. The summed E-state index contributed by atoms with van der Waals surface area (Å²) in [4.78, 5) is 3.72. The highest BCUT2D eigenvalue weighted by Crippen LogP contribution is 2.28. The van der Waals surface area contributed by atoms with Crippen LogP contribution in [0.3, 0.4) is 0 Å². The summed E-state index contributed by atoms with van der Waals surface area (Å²) in [5, 5.41) is 2.11. The van der Waals surface area contributed by atoms with Crippen molar-refractivity contribution in [3.05, 3.63) is 45.0 Å². The normalized spacial score (nSPS) is 13.4. The van der Waals surface area contributed by atoms with Gasteiger partial charge in [0.1, 0.15) is 5.76 Å². The van der Waals surface area contributed by atoms with E-state index in [-0.39, 0.29) is 6.04 Å². The van der Waals surface area contributed by atoms with E-state index in [9.17, 15) is 0 Å². The van der Waals surface area contributed by atoms with Gasteiger partial charge >= 0.3 is 0 Å². The van der Waals surface area contributed by atoms with Crippen molar-refractivity contribution < 1.29 is 4.42 Å². The number of thiophene rings is 1. The van der Waals surface area contributed by atoms with Crippen LogP contribution in [0.1, 0.15) is 30.5 Å². The molecule has 0 radical (unpaired) electrons. The number of halogens is 1. The van der Waals surface area contributed by atoms with E-state index >= 15 is 0 Å². The Morgan fingerprint density at radius 1 is 1.37 bits per heavy atom. The Morgan fingerprint density at radius 2 is 2.16 bits per heavy atom. The number of hydrogen-bond donors (Lipinski definition) is 1. The Bertz CT molecular complexity index is 495. The van der Waals surface area contributed by atoms with Crippen LogP contribution in [0.5, 0.6) is 0 Å². The van der Waals surface area contributed by atoms with Gasteiger partial charge in [-0.1, -0.05) is 6.07 Å². The molecule has 2 rings (SSSR count). The van der Waals surface area contributed by atoms with Crippen LogP contribution >= 0.6 is 27.3 Å². The highest BCUT2D eigenvalue weighted by atomic mass is 79.9. The minimum atomic E-state index is 0.105. The first-order chi connectivity index (χ1) is 9.11. The first-order valence-corrected chi connectivity index (χ1v) is 8.02. The molecule has 104 valence electrons. The van der Waals surface area contributed by atoms with Gasteiger partial charge in [-0.2, -0.15) is 0 Å². The Labute approximate surface area is 126 Å². The van der Waals surface area contributed by atoms with Gasteiger partial charge in [0.2, 0.25) is 0 Å². The molecule has 1 unspecified atom stereocenters. The van der Waals surface area contributed by atoms with Crippen molar-refractivity contribution in [2.45, 2.75) is 32.5 Å². The molecule has 0 bridgehead atoms. The van der Waals surface area contributed by atoms with Crippen molar-refractivity contribution in [1.29, 1.82) is 0 Å². The lowest BCUT2D eigenvalue weighted by Gasteiger charge is -2.32. The van der Waals surface area contributed by atoms with Crippen molar-refractivity contribution in [2.75, 3.05) is 6.54 Å². The van der Waals surface area contributed by atoms with Crippen LogP contribution in [0, 0.1) is 0 Å². The van der Waals surface area contributed by atoms with E-state index in [0.717, 1.165) is 17.0 Å². The van der Waals surface area contributed by atoms with Crippen LogP contribution < -0.4 is 5.73 Å². The summed E-state index contributed by atoms with van der Waals surface area (Å²) < 4.78 is 6.44. The van der Waals surface area contributed by atoms with E-state index in [1.54, 1.807) is 11.3 Å². The van der Waals surface area contributed by atoms with Crippen molar-refractivity contribution >= 4 is 27.3 Å². The zero-order valence-electron chi connectivity index (χ0n) is 11.2. The minimum absolute atomic E-state index is 0.105. The van der Waals surface area contributed by atoms with Crippen LogP contribution in [0.4, 0.5) is 0 Å². The zero-order valence-corrected chi connectivity index (χ0v) is 13.6. The largest absolute Gasteiger partial charge is 0.453 e. The molecule has 0 saturated carbocycles. The predicted molar refractivity (Wildman–Crippen MR) is 83.2 cm³/mol. The Morgan fingerprint density at radius 3 is 2.63 bits per heavy atom. The fourth-order valence-electron chi connectivity index (χ4n) is 2.16. The first-order valence-electron chi connectivity index (χ1n) is 6.35. The molecular weight excluding hydrogens is 324 g/mol. The number of furan rings is 1. The molecule has 3 nitrogen and oxygen atoms in total. The lowest BCUT2D eigenvalue weighted by molar-refractivity contribution is 0.131. The maximum absolute atomic E-state index is 5.97. The van der Waals surface area contributed by atoms with Crippen LogP contribution in [0.2, 0.25) is 0 Å². The molecule has 2 aromatic rings. The highest BCUT2D eigenvalue weighted by Gasteiger charge is 2.24. The molecule has 1 atom stereocenters.